The average molecular weight is 367 g/mol. The summed E-state index contributed by atoms with van der Waals surface area (Å²) in [5.74, 6) is 0.882. The minimum atomic E-state index is 0.728. The first kappa shape index (κ1) is 17.1. The zero-order chi connectivity index (χ0) is 17.9. The number of aryl methyl sites for hydroxylation is 1. The van der Waals surface area contributed by atoms with Gasteiger partial charge >= 0.3 is 0 Å². The molecule has 1 aliphatic rings. The summed E-state index contributed by atoms with van der Waals surface area (Å²) in [6.07, 6.45) is 0. The molecule has 1 aliphatic heterocycles. The van der Waals surface area contributed by atoms with Crippen LogP contribution in [0.15, 0.2) is 54.6 Å². The highest BCUT2D eigenvalue weighted by Crippen LogP contribution is 2.22. The normalized spacial score (nSPS) is 15.3. The fraction of sp³-hybridized carbons (Fsp3) is 0.300. The molecule has 5 nitrogen and oxygen atoms in total. The van der Waals surface area contributed by atoms with E-state index in [0.29, 0.717) is 0 Å². The van der Waals surface area contributed by atoms with E-state index in [0.717, 1.165) is 54.8 Å². The third kappa shape index (κ3) is 3.49. The van der Waals surface area contributed by atoms with Crippen molar-refractivity contribution in [2.24, 2.45) is 0 Å². The molecule has 0 bridgehead atoms. The first-order valence-corrected chi connectivity index (χ1v) is 9.37. The Kier molecular flexibility index (Phi) is 4.97. The van der Waals surface area contributed by atoms with Crippen molar-refractivity contribution in [3.8, 4) is 17.1 Å². The summed E-state index contributed by atoms with van der Waals surface area (Å²) >= 11 is 5.81. The molecule has 0 amide bonds. The quantitative estimate of drug-likeness (QED) is 0.719. The molecule has 3 aromatic rings. The van der Waals surface area contributed by atoms with Gasteiger partial charge in [0.25, 0.3) is 0 Å². The number of rotatable bonds is 4. The SMILES string of the molecule is Cc1ccc(-n2c(-c3ccccc3)nn(C[NH+]3CCOCC3)c2=S)cc1. The van der Waals surface area contributed by atoms with Gasteiger partial charge < -0.3 is 9.64 Å². The van der Waals surface area contributed by atoms with E-state index in [-0.39, 0.29) is 0 Å². The summed E-state index contributed by atoms with van der Waals surface area (Å²) in [7, 11) is 0. The topological polar surface area (TPSA) is 36.4 Å². The maximum absolute atomic E-state index is 5.81. The third-order valence-electron chi connectivity index (χ3n) is 4.74. The van der Waals surface area contributed by atoms with Crippen LogP contribution in [0.2, 0.25) is 0 Å². The highest BCUT2D eigenvalue weighted by atomic mass is 32.1. The molecule has 0 saturated carbocycles. The number of ether oxygens (including phenoxy) is 1. The van der Waals surface area contributed by atoms with Crippen LogP contribution in [-0.2, 0) is 11.4 Å². The largest absolute Gasteiger partial charge is 0.370 e. The molecule has 134 valence electrons. The van der Waals surface area contributed by atoms with Crippen LogP contribution in [0.5, 0.6) is 0 Å². The minimum absolute atomic E-state index is 0.728. The van der Waals surface area contributed by atoms with E-state index in [2.05, 4.69) is 47.9 Å². The second kappa shape index (κ2) is 7.53. The fourth-order valence-electron chi connectivity index (χ4n) is 3.24. The highest BCUT2D eigenvalue weighted by molar-refractivity contribution is 7.71. The lowest BCUT2D eigenvalue weighted by atomic mass is 10.2. The van der Waals surface area contributed by atoms with Crippen molar-refractivity contribution < 1.29 is 9.64 Å². The predicted octanol–water partition coefficient (Wildman–Crippen LogP) is 2.25. The van der Waals surface area contributed by atoms with Crippen LogP contribution in [0.25, 0.3) is 17.1 Å². The van der Waals surface area contributed by atoms with E-state index in [4.69, 9.17) is 22.1 Å². The summed E-state index contributed by atoms with van der Waals surface area (Å²) in [4.78, 5) is 1.44. The van der Waals surface area contributed by atoms with Crippen LogP contribution in [-0.4, -0.2) is 40.7 Å². The maximum Gasteiger partial charge on any atom is 0.207 e. The summed E-state index contributed by atoms with van der Waals surface area (Å²) in [6, 6.07) is 18.7. The summed E-state index contributed by atoms with van der Waals surface area (Å²) in [5.41, 5.74) is 3.34. The molecule has 2 heterocycles. The van der Waals surface area contributed by atoms with Gasteiger partial charge in [-0.3, -0.25) is 4.57 Å². The van der Waals surface area contributed by atoms with Crippen LogP contribution in [0, 0.1) is 11.7 Å². The Balaban J connectivity index is 1.79. The number of quaternary nitrogens is 1. The molecule has 0 aliphatic carbocycles. The summed E-state index contributed by atoms with van der Waals surface area (Å²) < 4.78 is 10.2. The van der Waals surface area contributed by atoms with E-state index >= 15 is 0 Å². The number of hydrogen-bond acceptors (Lipinski definition) is 3. The zero-order valence-corrected chi connectivity index (χ0v) is 15.7. The number of aromatic nitrogens is 3. The molecule has 0 atom stereocenters. The molecule has 0 radical (unpaired) electrons. The lowest BCUT2D eigenvalue weighted by Crippen LogP contribution is -3.13. The van der Waals surface area contributed by atoms with Gasteiger partial charge in [-0.05, 0) is 31.3 Å². The van der Waals surface area contributed by atoms with Gasteiger partial charge in [-0.25, -0.2) is 0 Å². The molecule has 1 N–H and O–H groups in total. The average Bonchev–Trinajstić information content (AvgIpc) is 3.00. The van der Waals surface area contributed by atoms with Crippen LogP contribution < -0.4 is 4.90 Å². The Labute approximate surface area is 158 Å². The van der Waals surface area contributed by atoms with Crippen LogP contribution >= 0.6 is 12.2 Å². The predicted molar refractivity (Wildman–Crippen MR) is 104 cm³/mol. The summed E-state index contributed by atoms with van der Waals surface area (Å²) in [5, 5.41) is 4.89. The van der Waals surface area contributed by atoms with Gasteiger partial charge in [0, 0.05) is 11.3 Å². The third-order valence-corrected chi connectivity index (χ3v) is 5.13. The summed E-state index contributed by atoms with van der Waals surface area (Å²) in [6.45, 7) is 6.42. The van der Waals surface area contributed by atoms with Gasteiger partial charge in [0.05, 0.1) is 13.2 Å². The molecule has 1 aromatic heterocycles. The van der Waals surface area contributed by atoms with Gasteiger partial charge in [-0.15, -0.1) is 5.10 Å². The monoisotopic (exact) mass is 367 g/mol. The van der Waals surface area contributed by atoms with Crippen molar-refractivity contribution in [3.05, 3.63) is 64.9 Å². The van der Waals surface area contributed by atoms with Gasteiger partial charge in [-0.1, -0.05) is 48.0 Å². The van der Waals surface area contributed by atoms with Crippen molar-refractivity contribution in [1.29, 1.82) is 0 Å². The van der Waals surface area contributed by atoms with Crippen LogP contribution in [0.1, 0.15) is 5.56 Å². The number of morpholine rings is 1. The Morgan fingerprint density at radius 1 is 1.04 bits per heavy atom. The minimum Gasteiger partial charge on any atom is -0.370 e. The molecule has 0 spiro atoms. The Hall–Kier alpha value is -2.28. The number of nitrogens with zero attached hydrogens (tertiary/aromatic N) is 3. The fourth-order valence-corrected chi connectivity index (χ4v) is 3.54. The van der Waals surface area contributed by atoms with Crippen molar-refractivity contribution in [2.45, 2.75) is 13.6 Å². The van der Waals surface area contributed by atoms with E-state index in [1.807, 2.05) is 22.9 Å². The molecule has 0 unspecified atom stereocenters. The molecule has 1 fully saturated rings. The molecule has 2 aromatic carbocycles. The second-order valence-corrected chi connectivity index (χ2v) is 7.03. The molecule has 1 saturated heterocycles. The lowest BCUT2D eigenvalue weighted by molar-refractivity contribution is -0.930. The standard InChI is InChI=1S/C20H22N4OS/c1-16-7-9-18(10-8-16)24-19(17-5-3-2-4-6-17)21-23(20(24)26)15-22-11-13-25-14-12-22/h2-10H,11-15H2,1H3/p+1. The van der Waals surface area contributed by atoms with Crippen LogP contribution in [0.4, 0.5) is 0 Å². The van der Waals surface area contributed by atoms with E-state index in [1.165, 1.54) is 10.5 Å². The highest BCUT2D eigenvalue weighted by Gasteiger charge is 2.19. The first-order chi connectivity index (χ1) is 12.7. The van der Waals surface area contributed by atoms with E-state index in [1.54, 1.807) is 0 Å². The van der Waals surface area contributed by atoms with Gasteiger partial charge in [0.2, 0.25) is 4.77 Å². The second-order valence-electron chi connectivity index (χ2n) is 6.66. The number of hydrogen-bond donors (Lipinski definition) is 1. The van der Waals surface area contributed by atoms with E-state index < -0.39 is 0 Å². The van der Waals surface area contributed by atoms with Gasteiger partial charge in [-0.2, -0.15) is 4.68 Å². The zero-order valence-electron chi connectivity index (χ0n) is 14.9. The van der Waals surface area contributed by atoms with Gasteiger partial charge in [0.15, 0.2) is 12.5 Å². The number of benzene rings is 2. The van der Waals surface area contributed by atoms with Gasteiger partial charge in [0.1, 0.15) is 13.1 Å². The Morgan fingerprint density at radius 3 is 2.42 bits per heavy atom. The molecular formula is C20H23N4OS+. The molecular weight excluding hydrogens is 344 g/mol. The lowest BCUT2D eigenvalue weighted by Gasteiger charge is -2.23. The van der Waals surface area contributed by atoms with Crippen LogP contribution in [0.3, 0.4) is 0 Å². The molecule has 6 heteroatoms. The Bertz CT molecular complexity index is 925. The van der Waals surface area contributed by atoms with Crippen molar-refractivity contribution in [2.75, 3.05) is 26.3 Å². The van der Waals surface area contributed by atoms with Crippen molar-refractivity contribution >= 4 is 12.2 Å². The molecule has 26 heavy (non-hydrogen) atoms. The van der Waals surface area contributed by atoms with Crippen molar-refractivity contribution in [3.63, 3.8) is 0 Å². The van der Waals surface area contributed by atoms with E-state index in [9.17, 15) is 0 Å². The first-order valence-electron chi connectivity index (χ1n) is 8.96. The van der Waals surface area contributed by atoms with Crippen molar-refractivity contribution in [1.82, 2.24) is 14.3 Å². The maximum atomic E-state index is 5.81. The smallest absolute Gasteiger partial charge is 0.207 e. The molecule has 4 rings (SSSR count). The number of nitrogens with one attached hydrogen (secondary N) is 1. The Morgan fingerprint density at radius 2 is 1.73 bits per heavy atom.